The van der Waals surface area contributed by atoms with E-state index in [0.717, 1.165) is 24.8 Å². The number of carbonyl (C=O) groups is 1. The summed E-state index contributed by atoms with van der Waals surface area (Å²) in [6.07, 6.45) is 3.15. The molecule has 4 nitrogen and oxygen atoms in total. The van der Waals surface area contributed by atoms with E-state index in [1.807, 2.05) is 13.8 Å². The molecule has 0 aliphatic rings. The topological polar surface area (TPSA) is 66.8 Å². The molecule has 0 radical (unpaired) electrons. The average molecular weight is 370 g/mol. The summed E-state index contributed by atoms with van der Waals surface area (Å²) in [5.41, 5.74) is 4.17. The Morgan fingerprint density at radius 2 is 1.74 bits per heavy atom. The molecule has 2 N–H and O–H groups in total. The molecule has 2 aromatic rings. The minimum Gasteiger partial charge on any atom is -0.504 e. The minimum absolute atomic E-state index is 0.152. The smallest absolute Gasteiger partial charge is 0.311 e. The fourth-order valence-electron chi connectivity index (χ4n) is 3.07. The number of phenolic OH excluding ortho intramolecular Hbond substituents is 2. The first-order valence-electron chi connectivity index (χ1n) is 9.43. The second kappa shape index (κ2) is 8.94. The summed E-state index contributed by atoms with van der Waals surface area (Å²) in [5, 5.41) is 18.8. The predicted octanol–water partition coefficient (Wildman–Crippen LogP) is 4.85. The molecule has 0 heterocycles. The van der Waals surface area contributed by atoms with Gasteiger partial charge in [0.1, 0.15) is 0 Å². The van der Waals surface area contributed by atoms with E-state index in [1.165, 1.54) is 28.8 Å². The van der Waals surface area contributed by atoms with Crippen molar-refractivity contribution in [3.8, 4) is 11.5 Å². The summed E-state index contributed by atoms with van der Waals surface area (Å²) in [6, 6.07) is 11.1. The van der Waals surface area contributed by atoms with Crippen molar-refractivity contribution < 1.29 is 19.7 Å². The van der Waals surface area contributed by atoms with Crippen LogP contribution in [0.1, 0.15) is 48.9 Å². The predicted molar refractivity (Wildman–Crippen MR) is 107 cm³/mol. The quantitative estimate of drug-likeness (QED) is 0.515. The van der Waals surface area contributed by atoms with Gasteiger partial charge in [-0.1, -0.05) is 29.8 Å². The zero-order valence-corrected chi connectivity index (χ0v) is 16.7. The van der Waals surface area contributed by atoms with Gasteiger partial charge in [-0.3, -0.25) is 4.79 Å². The van der Waals surface area contributed by atoms with Crippen LogP contribution in [0, 0.1) is 19.3 Å². The first-order chi connectivity index (χ1) is 12.7. The zero-order valence-electron chi connectivity index (χ0n) is 16.7. The Labute approximate surface area is 161 Å². The second-order valence-corrected chi connectivity index (χ2v) is 7.88. The van der Waals surface area contributed by atoms with Gasteiger partial charge in [0.25, 0.3) is 0 Å². The monoisotopic (exact) mass is 370 g/mol. The van der Waals surface area contributed by atoms with E-state index in [9.17, 15) is 15.0 Å². The Hall–Kier alpha value is -2.49. The van der Waals surface area contributed by atoms with E-state index >= 15 is 0 Å². The molecule has 27 heavy (non-hydrogen) atoms. The van der Waals surface area contributed by atoms with Crippen molar-refractivity contribution in [3.05, 3.63) is 58.7 Å². The third kappa shape index (κ3) is 6.02. The molecule has 0 fully saturated rings. The lowest BCUT2D eigenvalue weighted by Crippen LogP contribution is -2.27. The van der Waals surface area contributed by atoms with E-state index in [4.69, 9.17) is 4.74 Å². The van der Waals surface area contributed by atoms with Crippen LogP contribution in [0.3, 0.4) is 0 Å². The molecule has 2 aromatic carbocycles. The number of esters is 1. The van der Waals surface area contributed by atoms with Gasteiger partial charge in [-0.25, -0.2) is 0 Å². The number of hydrogen-bond donors (Lipinski definition) is 2. The van der Waals surface area contributed by atoms with Crippen molar-refractivity contribution in [2.75, 3.05) is 6.61 Å². The summed E-state index contributed by atoms with van der Waals surface area (Å²) >= 11 is 0. The maximum Gasteiger partial charge on any atom is 0.311 e. The van der Waals surface area contributed by atoms with Gasteiger partial charge in [0.05, 0.1) is 12.0 Å². The van der Waals surface area contributed by atoms with Gasteiger partial charge < -0.3 is 14.9 Å². The van der Waals surface area contributed by atoms with E-state index in [-0.39, 0.29) is 24.1 Å². The summed E-state index contributed by atoms with van der Waals surface area (Å²) in [6.45, 7) is 8.31. The van der Waals surface area contributed by atoms with Crippen LogP contribution in [0.25, 0.3) is 0 Å². The molecule has 0 bridgehead atoms. The van der Waals surface area contributed by atoms with Gasteiger partial charge in [0.15, 0.2) is 11.5 Å². The summed E-state index contributed by atoms with van der Waals surface area (Å²) in [7, 11) is 0. The van der Waals surface area contributed by atoms with E-state index < -0.39 is 5.41 Å². The van der Waals surface area contributed by atoms with Crippen LogP contribution >= 0.6 is 0 Å². The lowest BCUT2D eigenvalue weighted by molar-refractivity contribution is -0.154. The highest BCUT2D eigenvalue weighted by Crippen LogP contribution is 2.27. The number of benzene rings is 2. The number of carbonyl (C=O) groups excluding carboxylic acids is 1. The standard InChI is InChI=1S/C23H30O4/c1-16-7-8-17(2)19(14-16)6-5-12-23(3,4)22(26)27-13-11-18-9-10-20(24)21(25)15-18/h7-10,14-15,24-25H,5-6,11-13H2,1-4H3. The number of aryl methyl sites for hydroxylation is 3. The summed E-state index contributed by atoms with van der Waals surface area (Å²) < 4.78 is 5.44. The lowest BCUT2D eigenvalue weighted by Gasteiger charge is -2.22. The second-order valence-electron chi connectivity index (χ2n) is 7.88. The van der Waals surface area contributed by atoms with Crippen molar-refractivity contribution in [2.24, 2.45) is 5.41 Å². The molecule has 0 aliphatic carbocycles. The summed E-state index contributed by atoms with van der Waals surface area (Å²) in [4.78, 5) is 12.4. The number of phenols is 2. The maximum absolute atomic E-state index is 12.4. The van der Waals surface area contributed by atoms with Gasteiger partial charge in [-0.15, -0.1) is 0 Å². The molecule has 0 atom stereocenters. The molecular weight excluding hydrogens is 340 g/mol. The van der Waals surface area contributed by atoms with E-state index in [2.05, 4.69) is 32.0 Å². The number of hydrogen-bond acceptors (Lipinski definition) is 4. The molecule has 4 heteroatoms. The van der Waals surface area contributed by atoms with Crippen LogP contribution in [0.4, 0.5) is 0 Å². The minimum atomic E-state index is -0.533. The highest BCUT2D eigenvalue weighted by molar-refractivity contribution is 5.75. The molecule has 0 spiro atoms. The molecule has 146 valence electrons. The number of ether oxygens (including phenoxy) is 1. The number of aromatic hydroxyl groups is 2. The fourth-order valence-corrected chi connectivity index (χ4v) is 3.07. The first-order valence-corrected chi connectivity index (χ1v) is 9.43. The molecule has 0 saturated heterocycles. The lowest BCUT2D eigenvalue weighted by atomic mass is 9.86. The Kier molecular flexibility index (Phi) is 6.89. The van der Waals surface area contributed by atoms with Crippen molar-refractivity contribution in [1.82, 2.24) is 0 Å². The maximum atomic E-state index is 12.4. The largest absolute Gasteiger partial charge is 0.504 e. The van der Waals surface area contributed by atoms with Crippen LogP contribution in [-0.2, 0) is 22.4 Å². The molecular formula is C23H30O4. The van der Waals surface area contributed by atoms with Crippen LogP contribution in [0.2, 0.25) is 0 Å². The van der Waals surface area contributed by atoms with E-state index in [1.54, 1.807) is 6.07 Å². The Balaban J connectivity index is 1.80. The zero-order chi connectivity index (χ0) is 20.0. The Morgan fingerprint density at radius 1 is 1.00 bits per heavy atom. The average Bonchev–Trinajstić information content (AvgIpc) is 2.60. The fraction of sp³-hybridized carbons (Fsp3) is 0.435. The third-order valence-electron chi connectivity index (χ3n) is 4.97. The molecule has 0 aliphatic heterocycles. The van der Waals surface area contributed by atoms with Gasteiger partial charge in [0.2, 0.25) is 0 Å². The molecule has 0 saturated carbocycles. The van der Waals surface area contributed by atoms with Crippen LogP contribution < -0.4 is 0 Å². The van der Waals surface area contributed by atoms with Gasteiger partial charge in [-0.2, -0.15) is 0 Å². The van der Waals surface area contributed by atoms with E-state index in [0.29, 0.717) is 6.42 Å². The normalized spacial score (nSPS) is 11.4. The van der Waals surface area contributed by atoms with Crippen LogP contribution in [0.15, 0.2) is 36.4 Å². The van der Waals surface area contributed by atoms with Crippen LogP contribution in [0.5, 0.6) is 11.5 Å². The first kappa shape index (κ1) is 20.8. The third-order valence-corrected chi connectivity index (χ3v) is 4.97. The number of rotatable bonds is 8. The highest BCUT2D eigenvalue weighted by atomic mass is 16.5. The molecule has 0 aromatic heterocycles. The van der Waals surface area contributed by atoms with Crippen molar-refractivity contribution >= 4 is 5.97 Å². The van der Waals surface area contributed by atoms with Gasteiger partial charge in [-0.05, 0) is 75.8 Å². The summed E-state index contributed by atoms with van der Waals surface area (Å²) in [5.74, 6) is -0.516. The van der Waals surface area contributed by atoms with Crippen LogP contribution in [-0.4, -0.2) is 22.8 Å². The highest BCUT2D eigenvalue weighted by Gasteiger charge is 2.28. The van der Waals surface area contributed by atoms with Crippen molar-refractivity contribution in [2.45, 2.75) is 53.4 Å². The van der Waals surface area contributed by atoms with Gasteiger partial charge >= 0.3 is 5.97 Å². The SMILES string of the molecule is Cc1ccc(C)c(CCCC(C)(C)C(=O)OCCc2ccc(O)c(O)c2)c1. The van der Waals surface area contributed by atoms with Gasteiger partial charge in [0, 0.05) is 6.42 Å². The van der Waals surface area contributed by atoms with Crippen molar-refractivity contribution in [3.63, 3.8) is 0 Å². The molecule has 0 unspecified atom stereocenters. The molecule has 0 amide bonds. The Bertz CT molecular complexity index is 793. The molecule has 2 rings (SSSR count). The van der Waals surface area contributed by atoms with Crippen molar-refractivity contribution in [1.29, 1.82) is 0 Å². The Morgan fingerprint density at radius 3 is 2.44 bits per heavy atom.